The van der Waals surface area contributed by atoms with Crippen LogP contribution in [0.25, 0.3) is 0 Å². The number of nitrogens with zero attached hydrogens (tertiary/aromatic N) is 3. The van der Waals surface area contributed by atoms with Gasteiger partial charge < -0.3 is 4.84 Å². The fourth-order valence-corrected chi connectivity index (χ4v) is 2.21. The number of aromatic nitrogens is 2. The Hall–Kier alpha value is -1.88. The molecule has 0 spiro atoms. The molecule has 2 aromatic rings. The van der Waals surface area contributed by atoms with E-state index in [4.69, 9.17) is 21.1 Å². The first-order chi connectivity index (χ1) is 9.34. The Labute approximate surface area is 115 Å². The summed E-state index contributed by atoms with van der Waals surface area (Å²) in [5.74, 6) is 0. The fraction of sp³-hybridized carbons (Fsp3) is 0.308. The van der Waals surface area contributed by atoms with E-state index in [1.807, 2.05) is 24.3 Å². The number of benzene rings is 1. The minimum atomic E-state index is 0.337. The molecule has 1 aromatic carbocycles. The zero-order valence-electron chi connectivity index (χ0n) is 10.2. The topological polar surface area (TPSA) is 60.5 Å². The molecule has 0 radical (unpaired) electrons. The Kier molecular flexibility index (Phi) is 3.46. The van der Waals surface area contributed by atoms with Crippen molar-refractivity contribution in [2.45, 2.75) is 25.9 Å². The maximum atomic E-state index is 6.04. The predicted octanol–water partition coefficient (Wildman–Crippen LogP) is 2.98. The van der Waals surface area contributed by atoms with Crippen LogP contribution in [0.2, 0.25) is 5.02 Å². The van der Waals surface area contributed by atoms with Gasteiger partial charge in [-0.3, -0.25) is 0 Å². The fourth-order valence-electron chi connectivity index (χ4n) is 2.02. The SMILES string of the molecule is Clc1ccccc1CO/N=C1/CCCc2nonc21. The van der Waals surface area contributed by atoms with Gasteiger partial charge in [-0.25, -0.2) is 4.63 Å². The lowest BCUT2D eigenvalue weighted by Crippen LogP contribution is -2.12. The van der Waals surface area contributed by atoms with E-state index in [0.717, 1.165) is 36.2 Å². The van der Waals surface area contributed by atoms with Crippen molar-refractivity contribution in [3.8, 4) is 0 Å². The van der Waals surface area contributed by atoms with Gasteiger partial charge >= 0.3 is 0 Å². The van der Waals surface area contributed by atoms with Crippen molar-refractivity contribution in [3.63, 3.8) is 0 Å². The summed E-state index contributed by atoms with van der Waals surface area (Å²) in [6, 6.07) is 7.53. The average Bonchev–Trinajstić information content (AvgIpc) is 2.90. The molecule has 0 atom stereocenters. The van der Waals surface area contributed by atoms with Crippen LogP contribution >= 0.6 is 11.6 Å². The second-order valence-electron chi connectivity index (χ2n) is 4.32. The third-order valence-electron chi connectivity index (χ3n) is 3.01. The molecule has 1 aromatic heterocycles. The highest BCUT2D eigenvalue weighted by atomic mass is 35.5. The second-order valence-corrected chi connectivity index (χ2v) is 4.72. The largest absolute Gasteiger partial charge is 0.391 e. The molecule has 0 saturated heterocycles. The van der Waals surface area contributed by atoms with Gasteiger partial charge in [0.1, 0.15) is 18.0 Å². The molecule has 0 aliphatic heterocycles. The van der Waals surface area contributed by atoms with E-state index in [2.05, 4.69) is 15.5 Å². The molecule has 0 saturated carbocycles. The molecule has 3 rings (SSSR count). The molecule has 0 fully saturated rings. The lowest BCUT2D eigenvalue weighted by atomic mass is 9.99. The van der Waals surface area contributed by atoms with Gasteiger partial charge in [-0.1, -0.05) is 40.1 Å². The molecular formula is C13H12ClN3O2. The van der Waals surface area contributed by atoms with Crippen LogP contribution in [0, 0.1) is 0 Å². The van der Waals surface area contributed by atoms with Gasteiger partial charge in [0, 0.05) is 10.6 Å². The quantitative estimate of drug-likeness (QED) is 0.809. The Bertz CT molecular complexity index is 609. The smallest absolute Gasteiger partial charge is 0.155 e. The number of halogens is 1. The van der Waals surface area contributed by atoms with Crippen LogP contribution < -0.4 is 0 Å². The Morgan fingerprint density at radius 2 is 2.16 bits per heavy atom. The number of hydrogen-bond donors (Lipinski definition) is 0. The molecular weight excluding hydrogens is 266 g/mol. The van der Waals surface area contributed by atoms with Crippen LogP contribution in [0.5, 0.6) is 0 Å². The van der Waals surface area contributed by atoms with Crippen molar-refractivity contribution in [2.75, 3.05) is 0 Å². The predicted molar refractivity (Wildman–Crippen MR) is 70.0 cm³/mol. The first kappa shape index (κ1) is 12.2. The molecule has 1 heterocycles. The maximum absolute atomic E-state index is 6.04. The molecule has 0 N–H and O–H groups in total. The van der Waals surface area contributed by atoms with E-state index < -0.39 is 0 Å². The highest BCUT2D eigenvalue weighted by Gasteiger charge is 2.21. The van der Waals surface area contributed by atoms with Gasteiger partial charge in [0.2, 0.25) is 0 Å². The first-order valence-corrected chi connectivity index (χ1v) is 6.46. The van der Waals surface area contributed by atoms with Crippen LogP contribution in [-0.4, -0.2) is 16.0 Å². The van der Waals surface area contributed by atoms with Crippen LogP contribution in [0.3, 0.4) is 0 Å². The van der Waals surface area contributed by atoms with Gasteiger partial charge in [-0.2, -0.15) is 0 Å². The van der Waals surface area contributed by atoms with Crippen LogP contribution in [-0.2, 0) is 17.9 Å². The van der Waals surface area contributed by atoms with Crippen LogP contribution in [0.1, 0.15) is 29.8 Å². The zero-order chi connectivity index (χ0) is 13.1. The summed E-state index contributed by atoms with van der Waals surface area (Å²) >= 11 is 6.04. The minimum Gasteiger partial charge on any atom is -0.391 e. The monoisotopic (exact) mass is 277 g/mol. The van der Waals surface area contributed by atoms with Crippen molar-refractivity contribution in [2.24, 2.45) is 5.16 Å². The van der Waals surface area contributed by atoms with E-state index in [1.165, 1.54) is 0 Å². The van der Waals surface area contributed by atoms with Gasteiger partial charge in [0.05, 0.1) is 0 Å². The van der Waals surface area contributed by atoms with Crippen molar-refractivity contribution >= 4 is 17.3 Å². The lowest BCUT2D eigenvalue weighted by molar-refractivity contribution is 0.130. The summed E-state index contributed by atoms with van der Waals surface area (Å²) in [5, 5.41) is 12.5. The molecule has 0 bridgehead atoms. The van der Waals surface area contributed by atoms with E-state index in [-0.39, 0.29) is 0 Å². The molecule has 0 amide bonds. The number of oxime groups is 1. The molecule has 1 aliphatic rings. The first-order valence-electron chi connectivity index (χ1n) is 6.08. The summed E-state index contributed by atoms with van der Waals surface area (Å²) < 4.78 is 4.72. The highest BCUT2D eigenvalue weighted by Crippen LogP contribution is 2.19. The molecule has 5 nitrogen and oxygen atoms in total. The minimum absolute atomic E-state index is 0.337. The molecule has 19 heavy (non-hydrogen) atoms. The summed E-state index contributed by atoms with van der Waals surface area (Å²) in [6.07, 6.45) is 2.68. The van der Waals surface area contributed by atoms with Gasteiger partial charge in [-0.15, -0.1) is 0 Å². The molecule has 0 unspecified atom stereocenters. The number of hydrogen-bond acceptors (Lipinski definition) is 5. The summed E-state index contributed by atoms with van der Waals surface area (Å²) in [6.45, 7) is 0.337. The Balaban J connectivity index is 1.70. The third-order valence-corrected chi connectivity index (χ3v) is 3.38. The summed E-state index contributed by atoms with van der Waals surface area (Å²) in [5.41, 5.74) is 3.26. The van der Waals surface area contributed by atoms with Crippen molar-refractivity contribution in [3.05, 3.63) is 46.2 Å². The molecule has 98 valence electrons. The van der Waals surface area contributed by atoms with Crippen molar-refractivity contribution < 1.29 is 9.47 Å². The van der Waals surface area contributed by atoms with E-state index >= 15 is 0 Å². The number of aryl methyl sites for hydroxylation is 1. The van der Waals surface area contributed by atoms with E-state index in [9.17, 15) is 0 Å². The lowest BCUT2D eigenvalue weighted by Gasteiger charge is -2.09. The number of rotatable bonds is 3. The summed E-state index contributed by atoms with van der Waals surface area (Å²) in [4.78, 5) is 5.36. The van der Waals surface area contributed by atoms with Gasteiger partial charge in [-0.05, 0) is 30.5 Å². The Morgan fingerprint density at radius 3 is 3.05 bits per heavy atom. The van der Waals surface area contributed by atoms with Gasteiger partial charge in [0.25, 0.3) is 0 Å². The van der Waals surface area contributed by atoms with E-state index in [1.54, 1.807) is 0 Å². The van der Waals surface area contributed by atoms with Crippen molar-refractivity contribution in [1.82, 2.24) is 10.3 Å². The van der Waals surface area contributed by atoms with E-state index in [0.29, 0.717) is 17.3 Å². The van der Waals surface area contributed by atoms with Crippen molar-refractivity contribution in [1.29, 1.82) is 0 Å². The number of fused-ring (bicyclic) bond motifs is 1. The standard InChI is InChI=1S/C13H12ClN3O2/c14-10-5-2-1-4-9(10)8-18-15-11-6-3-7-12-13(11)17-19-16-12/h1-2,4-5H,3,6-8H2/b15-11-. The second kappa shape index (κ2) is 5.40. The van der Waals surface area contributed by atoms with Gasteiger partial charge in [0.15, 0.2) is 5.69 Å². The molecule has 6 heteroatoms. The maximum Gasteiger partial charge on any atom is 0.155 e. The summed E-state index contributed by atoms with van der Waals surface area (Å²) in [7, 11) is 0. The Morgan fingerprint density at radius 1 is 1.26 bits per heavy atom. The average molecular weight is 278 g/mol. The molecule has 1 aliphatic carbocycles. The normalized spacial score (nSPS) is 16.4. The highest BCUT2D eigenvalue weighted by molar-refractivity contribution is 6.31. The van der Waals surface area contributed by atoms with Crippen LogP contribution in [0.4, 0.5) is 0 Å². The van der Waals surface area contributed by atoms with Crippen LogP contribution in [0.15, 0.2) is 34.1 Å². The zero-order valence-corrected chi connectivity index (χ0v) is 10.9. The third kappa shape index (κ3) is 2.61.